The molecule has 3 rings (SSSR count). The summed E-state index contributed by atoms with van der Waals surface area (Å²) in [6.07, 6.45) is 1.44. The lowest BCUT2D eigenvalue weighted by molar-refractivity contribution is -0.128. The first kappa shape index (κ1) is 17.0. The van der Waals surface area contributed by atoms with Gasteiger partial charge in [0.25, 0.3) is 10.1 Å². The first-order valence-corrected chi connectivity index (χ1v) is 8.83. The number of ketones is 1. The fraction of sp³-hybridized carbons (Fsp3) is 0.562. The highest BCUT2D eigenvalue weighted by molar-refractivity contribution is 7.87. The molecule has 6 heteroatoms. The van der Waals surface area contributed by atoms with Crippen molar-refractivity contribution in [1.82, 2.24) is 0 Å². The fourth-order valence-corrected chi connectivity index (χ4v) is 5.22. The number of fused-ring (bicyclic) bond motifs is 2. The molecule has 0 amide bonds. The molecule has 2 aliphatic carbocycles. The zero-order chi connectivity index (χ0) is 16.8. The molecule has 1 aromatic rings. The van der Waals surface area contributed by atoms with Crippen LogP contribution in [0.25, 0.3) is 0 Å². The summed E-state index contributed by atoms with van der Waals surface area (Å²) in [5.41, 5.74) is 5.27. The summed E-state index contributed by atoms with van der Waals surface area (Å²) in [5.74, 6) is -0.531. The zero-order valence-electron chi connectivity index (χ0n) is 13.1. The van der Waals surface area contributed by atoms with Gasteiger partial charge in [0.2, 0.25) is 0 Å². The van der Waals surface area contributed by atoms with E-state index in [1.165, 1.54) is 0 Å². The molecule has 0 aliphatic heterocycles. The number of benzene rings is 1. The van der Waals surface area contributed by atoms with Gasteiger partial charge in [-0.3, -0.25) is 9.35 Å². The molecule has 0 radical (unpaired) electrons. The van der Waals surface area contributed by atoms with Crippen molar-refractivity contribution in [2.75, 3.05) is 5.73 Å². The Morgan fingerprint density at radius 2 is 1.73 bits per heavy atom. The fourth-order valence-electron chi connectivity index (χ4n) is 3.80. The van der Waals surface area contributed by atoms with Gasteiger partial charge in [0.05, 0.1) is 0 Å². The minimum Gasteiger partial charge on any atom is -0.399 e. The van der Waals surface area contributed by atoms with Crippen LogP contribution in [0.15, 0.2) is 30.3 Å². The van der Waals surface area contributed by atoms with Gasteiger partial charge in [0.1, 0.15) is 5.25 Å². The summed E-state index contributed by atoms with van der Waals surface area (Å²) in [5, 5.41) is -1.19. The van der Waals surface area contributed by atoms with Crippen molar-refractivity contribution in [2.24, 2.45) is 16.7 Å². The Bertz CT molecular complexity index is 669. The predicted octanol–water partition coefficient (Wildman–Crippen LogP) is 2.54. The quantitative estimate of drug-likeness (QED) is 0.611. The van der Waals surface area contributed by atoms with Crippen LogP contribution in [-0.4, -0.2) is 24.0 Å². The summed E-state index contributed by atoms with van der Waals surface area (Å²) in [4.78, 5) is 12.0. The van der Waals surface area contributed by atoms with Crippen LogP contribution in [0, 0.1) is 16.7 Å². The maximum absolute atomic E-state index is 12.0. The minimum atomic E-state index is -4.24. The number of nitrogens with two attached hydrogens (primary N) is 1. The van der Waals surface area contributed by atoms with Gasteiger partial charge in [-0.05, 0) is 36.3 Å². The lowest BCUT2D eigenvalue weighted by Crippen LogP contribution is -2.38. The van der Waals surface area contributed by atoms with E-state index in [1.54, 1.807) is 0 Å². The van der Waals surface area contributed by atoms with E-state index in [-0.39, 0.29) is 17.1 Å². The molecule has 22 heavy (non-hydrogen) atoms. The van der Waals surface area contributed by atoms with Crippen molar-refractivity contribution >= 4 is 21.6 Å². The highest BCUT2D eigenvalue weighted by Crippen LogP contribution is 2.64. The van der Waals surface area contributed by atoms with Crippen LogP contribution >= 0.6 is 0 Å². The van der Waals surface area contributed by atoms with Crippen LogP contribution in [0.5, 0.6) is 0 Å². The smallest absolute Gasteiger partial charge is 0.275 e. The average Bonchev–Trinajstić information content (AvgIpc) is 2.71. The Morgan fingerprint density at radius 1 is 1.18 bits per heavy atom. The summed E-state index contributed by atoms with van der Waals surface area (Å²) < 4.78 is 31.5. The first-order chi connectivity index (χ1) is 10.0. The van der Waals surface area contributed by atoms with E-state index >= 15 is 0 Å². The van der Waals surface area contributed by atoms with E-state index in [4.69, 9.17) is 10.3 Å². The Labute approximate surface area is 131 Å². The second kappa shape index (κ2) is 5.35. The summed E-state index contributed by atoms with van der Waals surface area (Å²) in [6, 6.07) is 9.49. The van der Waals surface area contributed by atoms with Crippen molar-refractivity contribution in [3.63, 3.8) is 0 Å². The molecular formula is C16H23NO4S. The molecule has 2 bridgehead atoms. The van der Waals surface area contributed by atoms with Gasteiger partial charge < -0.3 is 5.73 Å². The second-order valence-corrected chi connectivity index (χ2v) is 8.45. The standard InChI is InChI=1S/C10H16O4S.C6H7N/c1-9(2)6-4-5-10(9,3)8(11)7(6)15(12,13)14;7-6-4-2-1-3-5-6/h6-7H,4-5H2,1-3H3,(H,12,13,14);1-5H,7H2. The lowest BCUT2D eigenvalue weighted by atomic mass is 9.70. The SMILES string of the molecule is CC12CCC(C(S(=O)(=O)O)C1=O)C2(C)C.Nc1ccccc1. The molecule has 2 saturated carbocycles. The Balaban J connectivity index is 0.000000211. The normalized spacial score (nSPS) is 32.5. The Kier molecular flexibility index (Phi) is 4.13. The third-order valence-corrected chi connectivity index (χ3v) is 6.78. The van der Waals surface area contributed by atoms with Crippen molar-refractivity contribution in [1.29, 1.82) is 0 Å². The molecule has 0 saturated heterocycles. The van der Waals surface area contributed by atoms with Crippen LogP contribution in [-0.2, 0) is 14.9 Å². The summed E-state index contributed by atoms with van der Waals surface area (Å²) in [7, 11) is -4.24. The average molecular weight is 325 g/mol. The van der Waals surface area contributed by atoms with E-state index in [2.05, 4.69) is 0 Å². The van der Waals surface area contributed by atoms with Gasteiger partial charge in [-0.15, -0.1) is 0 Å². The predicted molar refractivity (Wildman–Crippen MR) is 85.8 cm³/mol. The van der Waals surface area contributed by atoms with Crippen molar-refractivity contribution < 1.29 is 17.8 Å². The second-order valence-electron chi connectivity index (χ2n) is 6.91. The van der Waals surface area contributed by atoms with Crippen molar-refractivity contribution in [3.8, 4) is 0 Å². The number of carbonyl (C=O) groups excluding carboxylic acids is 1. The molecule has 3 atom stereocenters. The van der Waals surface area contributed by atoms with Gasteiger partial charge in [0.15, 0.2) is 5.78 Å². The highest BCUT2D eigenvalue weighted by atomic mass is 32.2. The summed E-state index contributed by atoms with van der Waals surface area (Å²) in [6.45, 7) is 5.67. The Hall–Kier alpha value is -1.40. The molecule has 3 N–H and O–H groups in total. The molecule has 5 nitrogen and oxygen atoms in total. The van der Waals surface area contributed by atoms with Crippen LogP contribution in [0.2, 0.25) is 0 Å². The van der Waals surface area contributed by atoms with Crippen LogP contribution in [0.4, 0.5) is 5.69 Å². The van der Waals surface area contributed by atoms with Crippen LogP contribution < -0.4 is 5.73 Å². The van der Waals surface area contributed by atoms with E-state index in [9.17, 15) is 13.2 Å². The molecular weight excluding hydrogens is 302 g/mol. The molecule has 3 unspecified atom stereocenters. The molecule has 1 aromatic carbocycles. The topological polar surface area (TPSA) is 97.5 Å². The zero-order valence-corrected chi connectivity index (χ0v) is 13.9. The van der Waals surface area contributed by atoms with E-state index in [0.717, 1.165) is 12.1 Å². The third kappa shape index (κ3) is 2.54. The third-order valence-electron chi connectivity index (χ3n) is 5.59. The number of rotatable bonds is 1. The van der Waals surface area contributed by atoms with Crippen LogP contribution in [0.1, 0.15) is 33.6 Å². The van der Waals surface area contributed by atoms with Gasteiger partial charge in [-0.1, -0.05) is 39.0 Å². The number of carbonyl (C=O) groups is 1. The monoisotopic (exact) mass is 325 g/mol. The first-order valence-electron chi connectivity index (χ1n) is 7.33. The summed E-state index contributed by atoms with van der Waals surface area (Å²) >= 11 is 0. The lowest BCUT2D eigenvalue weighted by Gasteiger charge is -2.32. The number of para-hydroxylation sites is 1. The van der Waals surface area contributed by atoms with Gasteiger partial charge in [-0.25, -0.2) is 0 Å². The van der Waals surface area contributed by atoms with E-state index < -0.39 is 20.8 Å². The van der Waals surface area contributed by atoms with E-state index in [0.29, 0.717) is 6.42 Å². The molecule has 2 aliphatic rings. The van der Waals surface area contributed by atoms with Crippen molar-refractivity contribution in [3.05, 3.63) is 30.3 Å². The minimum absolute atomic E-state index is 0.231. The van der Waals surface area contributed by atoms with Gasteiger partial charge >= 0.3 is 0 Å². The van der Waals surface area contributed by atoms with E-state index in [1.807, 2.05) is 51.1 Å². The molecule has 0 heterocycles. The number of Topliss-reactive ketones (excluding diaryl/α,β-unsaturated/α-hetero) is 1. The highest BCUT2D eigenvalue weighted by Gasteiger charge is 2.69. The number of anilines is 1. The van der Waals surface area contributed by atoms with Gasteiger partial charge in [0, 0.05) is 11.1 Å². The number of hydrogen-bond acceptors (Lipinski definition) is 4. The van der Waals surface area contributed by atoms with Gasteiger partial charge in [-0.2, -0.15) is 8.42 Å². The number of hydrogen-bond donors (Lipinski definition) is 2. The Morgan fingerprint density at radius 3 is 2.00 bits per heavy atom. The largest absolute Gasteiger partial charge is 0.399 e. The van der Waals surface area contributed by atoms with Crippen LogP contribution in [0.3, 0.4) is 0 Å². The molecule has 122 valence electrons. The molecule has 2 fully saturated rings. The van der Waals surface area contributed by atoms with Crippen molar-refractivity contribution in [2.45, 2.75) is 38.9 Å². The maximum atomic E-state index is 12.0. The molecule has 0 aromatic heterocycles. The maximum Gasteiger partial charge on any atom is 0.275 e. The molecule has 0 spiro atoms. The number of nitrogen functional groups attached to an aromatic ring is 1.